The van der Waals surface area contributed by atoms with Crippen molar-refractivity contribution < 1.29 is 0 Å². The first-order valence-corrected chi connectivity index (χ1v) is 5.32. The van der Waals surface area contributed by atoms with Gasteiger partial charge in [-0.3, -0.25) is 9.67 Å². The highest BCUT2D eigenvalue weighted by atomic mass is 15.4. The van der Waals surface area contributed by atoms with Crippen LogP contribution in [0.3, 0.4) is 0 Å². The van der Waals surface area contributed by atoms with E-state index < -0.39 is 0 Å². The Morgan fingerprint density at radius 2 is 2.27 bits per heavy atom. The molecule has 2 aliphatic rings. The van der Waals surface area contributed by atoms with Gasteiger partial charge in [0, 0.05) is 24.8 Å². The Morgan fingerprint density at radius 3 is 2.87 bits per heavy atom. The van der Waals surface area contributed by atoms with Crippen LogP contribution in [0.5, 0.6) is 0 Å². The van der Waals surface area contributed by atoms with Gasteiger partial charge in [-0.15, -0.1) is 0 Å². The monoisotopic (exact) mass is 205 g/mol. The average molecular weight is 205 g/mol. The lowest BCUT2D eigenvalue weighted by Gasteiger charge is -2.25. The summed E-state index contributed by atoms with van der Waals surface area (Å²) in [5.41, 5.74) is 7.12. The minimum absolute atomic E-state index is 0.311. The van der Waals surface area contributed by atoms with Crippen molar-refractivity contribution in [3.63, 3.8) is 0 Å². The molecule has 0 spiro atoms. The molecule has 5 nitrogen and oxygen atoms in total. The van der Waals surface area contributed by atoms with E-state index in [1.807, 2.05) is 24.1 Å². The second-order valence-electron chi connectivity index (χ2n) is 4.30. The zero-order valence-corrected chi connectivity index (χ0v) is 8.80. The fourth-order valence-corrected chi connectivity index (χ4v) is 2.18. The van der Waals surface area contributed by atoms with E-state index in [4.69, 9.17) is 5.73 Å². The molecular weight excluding hydrogens is 190 g/mol. The van der Waals surface area contributed by atoms with E-state index in [-0.39, 0.29) is 0 Å². The molecule has 1 aliphatic heterocycles. The Hall–Kier alpha value is -1.52. The van der Waals surface area contributed by atoms with E-state index in [0.29, 0.717) is 18.0 Å². The summed E-state index contributed by atoms with van der Waals surface area (Å²) in [7, 11) is 1.93. The summed E-state index contributed by atoms with van der Waals surface area (Å²) in [6.07, 6.45) is 6.45. The SMILES string of the molecule is Cn1cc(C2CN=C(N)N2C2CC2)cn1. The lowest BCUT2D eigenvalue weighted by atomic mass is 10.1. The molecule has 2 N–H and O–H groups in total. The van der Waals surface area contributed by atoms with Crippen molar-refractivity contribution in [3.8, 4) is 0 Å². The van der Waals surface area contributed by atoms with Gasteiger partial charge in [-0.2, -0.15) is 5.10 Å². The van der Waals surface area contributed by atoms with E-state index in [1.165, 1.54) is 18.4 Å². The van der Waals surface area contributed by atoms with Crippen LogP contribution in [0.2, 0.25) is 0 Å². The van der Waals surface area contributed by atoms with Crippen LogP contribution >= 0.6 is 0 Å². The van der Waals surface area contributed by atoms with E-state index in [1.54, 1.807) is 0 Å². The predicted molar refractivity (Wildman–Crippen MR) is 57.3 cm³/mol. The van der Waals surface area contributed by atoms with Gasteiger partial charge in [0.2, 0.25) is 0 Å². The minimum Gasteiger partial charge on any atom is -0.370 e. The quantitative estimate of drug-likeness (QED) is 0.753. The van der Waals surface area contributed by atoms with Gasteiger partial charge < -0.3 is 10.6 Å². The first-order chi connectivity index (χ1) is 7.25. The number of nitrogens with zero attached hydrogens (tertiary/aromatic N) is 4. The van der Waals surface area contributed by atoms with E-state index in [9.17, 15) is 0 Å². The van der Waals surface area contributed by atoms with Crippen LogP contribution in [0, 0.1) is 0 Å². The molecule has 0 aromatic carbocycles. The molecule has 0 radical (unpaired) electrons. The number of aromatic nitrogens is 2. The predicted octanol–water partition coefficient (Wildman–Crippen LogP) is 0.254. The maximum Gasteiger partial charge on any atom is 0.192 e. The molecule has 1 unspecified atom stereocenters. The summed E-state index contributed by atoms with van der Waals surface area (Å²) >= 11 is 0. The lowest BCUT2D eigenvalue weighted by Crippen LogP contribution is -2.37. The summed E-state index contributed by atoms with van der Waals surface area (Å²) in [5.74, 6) is 0.700. The molecule has 1 atom stereocenters. The fraction of sp³-hybridized carbons (Fsp3) is 0.600. The smallest absolute Gasteiger partial charge is 0.192 e. The number of nitrogens with two attached hydrogens (primary N) is 1. The van der Waals surface area contributed by atoms with E-state index >= 15 is 0 Å². The van der Waals surface area contributed by atoms with Crippen LogP contribution in [0.4, 0.5) is 0 Å². The first kappa shape index (κ1) is 8.76. The standard InChI is InChI=1S/C10H15N5/c1-14-6-7(4-13-14)9-5-12-10(11)15(9)8-2-3-8/h4,6,8-9H,2-3,5H2,1H3,(H2,11,12). The molecule has 1 aromatic heterocycles. The third kappa shape index (κ3) is 1.38. The number of aryl methyl sites for hydroxylation is 1. The van der Waals surface area contributed by atoms with Crippen LogP contribution < -0.4 is 5.73 Å². The first-order valence-electron chi connectivity index (χ1n) is 5.32. The summed E-state index contributed by atoms with van der Waals surface area (Å²) in [4.78, 5) is 6.58. The van der Waals surface area contributed by atoms with Gasteiger partial charge in [-0.05, 0) is 12.8 Å². The number of hydrogen-bond acceptors (Lipinski definition) is 4. The molecule has 15 heavy (non-hydrogen) atoms. The van der Waals surface area contributed by atoms with Crippen molar-refractivity contribution in [3.05, 3.63) is 18.0 Å². The van der Waals surface area contributed by atoms with Gasteiger partial charge in [0.15, 0.2) is 5.96 Å². The van der Waals surface area contributed by atoms with Crippen LogP contribution in [-0.2, 0) is 7.05 Å². The van der Waals surface area contributed by atoms with E-state index in [2.05, 4.69) is 15.0 Å². The molecule has 1 saturated carbocycles. The molecule has 0 bridgehead atoms. The third-order valence-corrected chi connectivity index (χ3v) is 3.08. The maximum absolute atomic E-state index is 5.90. The minimum atomic E-state index is 0.311. The van der Waals surface area contributed by atoms with Crippen LogP contribution in [0.25, 0.3) is 0 Å². The molecule has 2 heterocycles. The Labute approximate surface area is 88.6 Å². The largest absolute Gasteiger partial charge is 0.370 e. The number of aliphatic imine (C=N–C) groups is 1. The van der Waals surface area contributed by atoms with Gasteiger partial charge in [-0.1, -0.05) is 0 Å². The van der Waals surface area contributed by atoms with Crippen molar-refractivity contribution in [2.24, 2.45) is 17.8 Å². The summed E-state index contributed by atoms with van der Waals surface area (Å²) in [6, 6.07) is 0.924. The Bertz CT molecular complexity index is 404. The molecule has 3 rings (SSSR count). The normalized spacial score (nSPS) is 25.8. The topological polar surface area (TPSA) is 59.4 Å². The maximum atomic E-state index is 5.90. The highest BCUT2D eigenvalue weighted by molar-refractivity contribution is 5.81. The summed E-state index contributed by atoms with van der Waals surface area (Å²) in [5, 5.41) is 4.20. The second-order valence-corrected chi connectivity index (χ2v) is 4.30. The number of rotatable bonds is 2. The van der Waals surface area contributed by atoms with Crippen molar-refractivity contribution in [1.82, 2.24) is 14.7 Å². The summed E-state index contributed by atoms with van der Waals surface area (Å²) < 4.78 is 1.83. The molecular formula is C10H15N5. The Morgan fingerprint density at radius 1 is 1.47 bits per heavy atom. The van der Waals surface area contributed by atoms with Crippen LogP contribution in [0.15, 0.2) is 17.4 Å². The van der Waals surface area contributed by atoms with Crippen LogP contribution in [-0.4, -0.2) is 33.2 Å². The van der Waals surface area contributed by atoms with Crippen molar-refractivity contribution >= 4 is 5.96 Å². The third-order valence-electron chi connectivity index (χ3n) is 3.08. The fourth-order valence-electron chi connectivity index (χ4n) is 2.18. The van der Waals surface area contributed by atoms with Gasteiger partial charge in [0.1, 0.15) is 0 Å². The highest BCUT2D eigenvalue weighted by Gasteiger charge is 2.39. The second kappa shape index (κ2) is 2.98. The molecule has 1 fully saturated rings. The van der Waals surface area contributed by atoms with E-state index in [0.717, 1.165) is 6.54 Å². The zero-order valence-electron chi connectivity index (χ0n) is 8.80. The number of hydrogen-bond donors (Lipinski definition) is 1. The molecule has 5 heteroatoms. The van der Waals surface area contributed by atoms with Crippen LogP contribution in [0.1, 0.15) is 24.4 Å². The van der Waals surface area contributed by atoms with Gasteiger partial charge >= 0.3 is 0 Å². The average Bonchev–Trinajstić information content (AvgIpc) is 2.84. The Balaban J connectivity index is 1.87. The molecule has 0 amide bonds. The number of guanidine groups is 1. The van der Waals surface area contributed by atoms with Gasteiger partial charge in [0.25, 0.3) is 0 Å². The van der Waals surface area contributed by atoms with Gasteiger partial charge in [0.05, 0.1) is 18.8 Å². The van der Waals surface area contributed by atoms with Crippen molar-refractivity contribution in [1.29, 1.82) is 0 Å². The summed E-state index contributed by atoms with van der Waals surface area (Å²) in [6.45, 7) is 0.772. The lowest BCUT2D eigenvalue weighted by molar-refractivity contribution is 0.338. The zero-order chi connectivity index (χ0) is 10.4. The highest BCUT2D eigenvalue weighted by Crippen LogP contribution is 2.36. The van der Waals surface area contributed by atoms with Gasteiger partial charge in [-0.25, -0.2) is 0 Å². The van der Waals surface area contributed by atoms with Crippen molar-refractivity contribution in [2.45, 2.75) is 24.9 Å². The Kier molecular flexibility index (Phi) is 1.74. The molecule has 80 valence electrons. The molecule has 0 saturated heterocycles. The molecule has 1 aromatic rings. The molecule has 1 aliphatic carbocycles. The van der Waals surface area contributed by atoms with Crippen molar-refractivity contribution in [2.75, 3.05) is 6.54 Å².